The maximum absolute atomic E-state index is 5.28. The van der Waals surface area contributed by atoms with Crippen molar-refractivity contribution in [3.05, 3.63) is 60.2 Å². The quantitative estimate of drug-likeness (QED) is 0.766. The van der Waals surface area contributed by atoms with Crippen LogP contribution in [0.15, 0.2) is 54.6 Å². The fourth-order valence-corrected chi connectivity index (χ4v) is 2.25. The molecule has 0 aromatic heterocycles. The summed E-state index contributed by atoms with van der Waals surface area (Å²) in [5, 5.41) is 5.86. The zero-order valence-corrected chi connectivity index (χ0v) is 10.6. The van der Waals surface area contributed by atoms with E-state index in [1.165, 1.54) is 5.56 Å². The van der Waals surface area contributed by atoms with Gasteiger partial charge in [-0.15, -0.1) is 0 Å². The van der Waals surface area contributed by atoms with Crippen LogP contribution in [0.5, 0.6) is 0 Å². The van der Waals surface area contributed by atoms with Crippen LogP contribution in [0.2, 0.25) is 0 Å². The van der Waals surface area contributed by atoms with Crippen molar-refractivity contribution >= 4 is 28.7 Å². The van der Waals surface area contributed by atoms with Gasteiger partial charge < -0.3 is 5.32 Å². The minimum absolute atomic E-state index is 0.615. The van der Waals surface area contributed by atoms with Gasteiger partial charge in [0.05, 0.1) is 12.2 Å². The van der Waals surface area contributed by atoms with Crippen LogP contribution in [-0.2, 0) is 6.54 Å². The predicted octanol–water partition coefficient (Wildman–Crippen LogP) is 2.91. The second-order valence-electron chi connectivity index (χ2n) is 4.14. The summed E-state index contributed by atoms with van der Waals surface area (Å²) in [6, 6.07) is 18.4. The lowest BCUT2D eigenvalue weighted by Crippen LogP contribution is -2.41. The first-order valence-electron chi connectivity index (χ1n) is 5.81. The minimum atomic E-state index is 0.615. The van der Waals surface area contributed by atoms with Crippen LogP contribution < -0.4 is 15.8 Å². The first-order chi connectivity index (χ1) is 8.83. The highest BCUT2D eigenvalue weighted by molar-refractivity contribution is 7.80. The highest BCUT2D eigenvalue weighted by Crippen LogP contribution is 2.22. The molecule has 0 aliphatic carbocycles. The molecule has 1 aliphatic rings. The molecule has 18 heavy (non-hydrogen) atoms. The van der Waals surface area contributed by atoms with Crippen molar-refractivity contribution in [2.45, 2.75) is 6.54 Å². The SMILES string of the molecule is S=C1Nc2ccccc2CN(c2ccccc2)N1. The molecule has 2 aromatic rings. The molecule has 4 heteroatoms. The molecule has 0 atom stereocenters. The Morgan fingerprint density at radius 2 is 1.67 bits per heavy atom. The lowest BCUT2D eigenvalue weighted by molar-refractivity contribution is 0.779. The van der Waals surface area contributed by atoms with E-state index in [4.69, 9.17) is 12.2 Å². The van der Waals surface area contributed by atoms with E-state index in [1.54, 1.807) is 0 Å². The van der Waals surface area contributed by atoms with Crippen LogP contribution in [0, 0.1) is 0 Å². The van der Waals surface area contributed by atoms with E-state index >= 15 is 0 Å². The lowest BCUT2D eigenvalue weighted by atomic mass is 10.1. The van der Waals surface area contributed by atoms with Crippen molar-refractivity contribution in [1.29, 1.82) is 0 Å². The molecule has 0 fully saturated rings. The van der Waals surface area contributed by atoms with Crippen LogP contribution in [0.4, 0.5) is 11.4 Å². The number of rotatable bonds is 1. The molecule has 1 aliphatic heterocycles. The molecule has 0 saturated carbocycles. The number of nitrogens with zero attached hydrogens (tertiary/aromatic N) is 1. The lowest BCUT2D eigenvalue weighted by Gasteiger charge is -2.23. The zero-order valence-electron chi connectivity index (χ0n) is 9.76. The monoisotopic (exact) mass is 255 g/mol. The summed E-state index contributed by atoms with van der Waals surface area (Å²) in [4.78, 5) is 0. The molecule has 0 radical (unpaired) electrons. The Balaban J connectivity index is 1.97. The summed E-state index contributed by atoms with van der Waals surface area (Å²) in [7, 11) is 0. The van der Waals surface area contributed by atoms with Crippen molar-refractivity contribution in [1.82, 2.24) is 5.43 Å². The van der Waals surface area contributed by atoms with Gasteiger partial charge in [-0.25, -0.2) is 0 Å². The predicted molar refractivity (Wildman–Crippen MR) is 78.4 cm³/mol. The van der Waals surface area contributed by atoms with Crippen LogP contribution in [0.25, 0.3) is 0 Å². The van der Waals surface area contributed by atoms with Gasteiger partial charge in [0.25, 0.3) is 0 Å². The third-order valence-corrected chi connectivity index (χ3v) is 3.09. The Morgan fingerprint density at radius 1 is 0.944 bits per heavy atom. The molecular formula is C14H13N3S. The average molecular weight is 255 g/mol. The summed E-state index contributed by atoms with van der Waals surface area (Å²) in [5.41, 5.74) is 6.57. The maximum Gasteiger partial charge on any atom is 0.189 e. The van der Waals surface area contributed by atoms with Gasteiger partial charge in [-0.2, -0.15) is 0 Å². The molecule has 0 amide bonds. The number of hydrogen-bond donors (Lipinski definition) is 2. The summed E-state index contributed by atoms with van der Waals surface area (Å²) in [5.74, 6) is 0. The van der Waals surface area contributed by atoms with Crippen molar-refractivity contribution in [3.8, 4) is 0 Å². The van der Waals surface area contributed by atoms with Gasteiger partial charge in [0.15, 0.2) is 5.11 Å². The Bertz CT molecular complexity index is 568. The van der Waals surface area contributed by atoms with E-state index in [9.17, 15) is 0 Å². The van der Waals surface area contributed by atoms with Crippen LogP contribution >= 0.6 is 12.2 Å². The van der Waals surface area contributed by atoms with E-state index in [1.807, 2.05) is 41.4 Å². The van der Waals surface area contributed by atoms with Gasteiger partial charge in [-0.3, -0.25) is 10.4 Å². The van der Waals surface area contributed by atoms with Gasteiger partial charge in [0.2, 0.25) is 0 Å². The Hall–Kier alpha value is -2.07. The fraction of sp³-hybridized carbons (Fsp3) is 0.0714. The number of fused-ring (bicyclic) bond motifs is 1. The molecule has 0 saturated heterocycles. The van der Waals surface area contributed by atoms with Gasteiger partial charge in [0, 0.05) is 5.69 Å². The molecule has 90 valence electrons. The molecular weight excluding hydrogens is 242 g/mol. The molecule has 3 rings (SSSR count). The first kappa shape index (κ1) is 11.0. The number of anilines is 2. The van der Waals surface area contributed by atoms with Crippen molar-refractivity contribution in [2.24, 2.45) is 0 Å². The maximum atomic E-state index is 5.28. The second kappa shape index (κ2) is 4.66. The molecule has 0 bridgehead atoms. The van der Waals surface area contributed by atoms with Gasteiger partial charge in [-0.05, 0) is 36.0 Å². The van der Waals surface area contributed by atoms with Crippen LogP contribution in [0.1, 0.15) is 5.56 Å². The van der Waals surface area contributed by atoms with Crippen molar-refractivity contribution in [3.63, 3.8) is 0 Å². The number of para-hydroxylation sites is 2. The molecule has 1 heterocycles. The Kier molecular flexibility index (Phi) is 2.86. The number of thiocarbonyl (C=S) groups is 1. The Morgan fingerprint density at radius 3 is 2.50 bits per heavy atom. The largest absolute Gasteiger partial charge is 0.331 e. The standard InChI is InChI=1S/C14H13N3S/c18-14-15-13-9-5-4-6-11(13)10-17(16-14)12-7-2-1-3-8-12/h1-9H,10H2,(H2,15,16,18). The summed E-state index contributed by atoms with van der Waals surface area (Å²) < 4.78 is 0. The number of hydrogen-bond acceptors (Lipinski definition) is 2. The second-order valence-corrected chi connectivity index (χ2v) is 4.55. The minimum Gasteiger partial charge on any atom is -0.331 e. The van der Waals surface area contributed by atoms with Gasteiger partial charge >= 0.3 is 0 Å². The topological polar surface area (TPSA) is 27.3 Å². The van der Waals surface area contributed by atoms with E-state index in [0.29, 0.717) is 5.11 Å². The van der Waals surface area contributed by atoms with E-state index in [2.05, 4.69) is 28.9 Å². The van der Waals surface area contributed by atoms with E-state index in [0.717, 1.165) is 17.9 Å². The third kappa shape index (κ3) is 2.15. The van der Waals surface area contributed by atoms with Crippen LogP contribution in [-0.4, -0.2) is 5.11 Å². The van der Waals surface area contributed by atoms with E-state index < -0.39 is 0 Å². The fourth-order valence-electron chi connectivity index (χ4n) is 2.03. The molecule has 2 N–H and O–H groups in total. The number of nitrogens with one attached hydrogen (secondary N) is 2. The molecule has 0 unspecified atom stereocenters. The normalized spacial score (nSPS) is 14.2. The van der Waals surface area contributed by atoms with Crippen molar-refractivity contribution < 1.29 is 0 Å². The highest BCUT2D eigenvalue weighted by atomic mass is 32.1. The summed E-state index contributed by atoms with van der Waals surface area (Å²) in [6.07, 6.45) is 0. The molecule has 0 spiro atoms. The number of hydrazine groups is 1. The molecule has 3 nitrogen and oxygen atoms in total. The van der Waals surface area contributed by atoms with Crippen molar-refractivity contribution in [2.75, 3.05) is 10.3 Å². The summed E-state index contributed by atoms with van der Waals surface area (Å²) >= 11 is 5.28. The highest BCUT2D eigenvalue weighted by Gasteiger charge is 2.15. The van der Waals surface area contributed by atoms with Crippen LogP contribution in [0.3, 0.4) is 0 Å². The number of benzene rings is 2. The van der Waals surface area contributed by atoms with Gasteiger partial charge in [-0.1, -0.05) is 36.4 Å². The van der Waals surface area contributed by atoms with Gasteiger partial charge in [0.1, 0.15) is 0 Å². The molecule has 2 aromatic carbocycles. The van der Waals surface area contributed by atoms with E-state index in [-0.39, 0.29) is 0 Å². The third-order valence-electron chi connectivity index (χ3n) is 2.90. The first-order valence-corrected chi connectivity index (χ1v) is 6.22. The average Bonchev–Trinajstić information content (AvgIpc) is 2.57. The Labute approximate surface area is 111 Å². The summed E-state index contributed by atoms with van der Waals surface area (Å²) in [6.45, 7) is 0.771. The smallest absolute Gasteiger partial charge is 0.189 e. The zero-order chi connectivity index (χ0) is 12.4.